The van der Waals surface area contributed by atoms with Gasteiger partial charge in [0.25, 0.3) is 11.2 Å². The average Bonchev–Trinajstić information content (AvgIpc) is 2.41. The molecule has 0 fully saturated rings. The summed E-state index contributed by atoms with van der Waals surface area (Å²) in [5, 5.41) is 11.0. The molecule has 1 heterocycles. The summed E-state index contributed by atoms with van der Waals surface area (Å²) < 4.78 is 1.64. The van der Waals surface area contributed by atoms with E-state index in [-0.39, 0.29) is 28.0 Å². The van der Waals surface area contributed by atoms with Gasteiger partial charge in [-0.1, -0.05) is 23.2 Å². The van der Waals surface area contributed by atoms with E-state index < -0.39 is 4.92 Å². The van der Waals surface area contributed by atoms with E-state index in [0.29, 0.717) is 9.13 Å². The molecule has 1 aromatic carbocycles. The number of aromatic nitrogens is 2. The van der Waals surface area contributed by atoms with Gasteiger partial charge in [0.05, 0.1) is 22.8 Å². The van der Waals surface area contributed by atoms with E-state index in [1.54, 1.807) is 0 Å². The molecule has 0 atom stereocenters. The molecule has 0 saturated carbocycles. The topological polar surface area (TPSA) is 78.0 Å². The van der Waals surface area contributed by atoms with Crippen molar-refractivity contribution in [2.75, 3.05) is 0 Å². The van der Waals surface area contributed by atoms with Gasteiger partial charge < -0.3 is 0 Å². The fraction of sp³-hybridized carbons (Fsp3) is 0.0909. The number of nitrogens with zero attached hydrogens (tertiary/aromatic N) is 3. The predicted molar refractivity (Wildman–Crippen MR) is 83.4 cm³/mol. The molecule has 0 radical (unpaired) electrons. The molecule has 0 amide bonds. The lowest BCUT2D eigenvalue weighted by Crippen LogP contribution is -2.23. The lowest BCUT2D eigenvalue weighted by Gasteiger charge is -2.08. The van der Waals surface area contributed by atoms with E-state index in [1.807, 2.05) is 22.6 Å². The molecule has 0 saturated heterocycles. The summed E-state index contributed by atoms with van der Waals surface area (Å²) in [5.41, 5.74) is 0.189. The molecule has 0 unspecified atom stereocenters. The van der Waals surface area contributed by atoms with Crippen molar-refractivity contribution in [2.45, 2.75) is 6.54 Å². The normalized spacial score (nSPS) is 10.6. The minimum Gasteiger partial charge on any atom is -0.294 e. The quantitative estimate of drug-likeness (QED) is 0.327. The van der Waals surface area contributed by atoms with Crippen molar-refractivity contribution in [3.05, 3.63) is 64.3 Å². The Hall–Kier alpha value is -1.19. The van der Waals surface area contributed by atoms with Crippen LogP contribution in [-0.4, -0.2) is 14.5 Å². The Balaban J connectivity index is 2.38. The molecule has 6 nitrogen and oxygen atoms in total. The Bertz CT molecular complexity index is 748. The highest BCUT2D eigenvalue weighted by Crippen LogP contribution is 2.23. The summed E-state index contributed by atoms with van der Waals surface area (Å²) in [6.45, 7) is 0.163. The van der Waals surface area contributed by atoms with Gasteiger partial charge in [0.1, 0.15) is 8.72 Å². The van der Waals surface area contributed by atoms with Crippen LogP contribution in [0.2, 0.25) is 10.2 Å². The molecule has 1 aromatic heterocycles. The minimum absolute atomic E-state index is 0.102. The highest BCUT2D eigenvalue weighted by molar-refractivity contribution is 14.1. The molecule has 0 spiro atoms. The van der Waals surface area contributed by atoms with E-state index in [1.165, 1.54) is 29.1 Å². The van der Waals surface area contributed by atoms with Crippen LogP contribution in [-0.2, 0) is 6.54 Å². The van der Waals surface area contributed by atoms with E-state index in [0.717, 1.165) is 0 Å². The number of non-ortho nitro benzene ring substituents is 1. The highest BCUT2D eigenvalue weighted by atomic mass is 127. The van der Waals surface area contributed by atoms with Crippen molar-refractivity contribution in [1.29, 1.82) is 0 Å². The second-order valence-electron chi connectivity index (χ2n) is 3.82. The van der Waals surface area contributed by atoms with Crippen LogP contribution >= 0.6 is 45.8 Å². The Morgan fingerprint density at radius 2 is 2.10 bits per heavy atom. The second-order valence-corrected chi connectivity index (χ2v) is 5.66. The number of hydrogen-bond acceptors (Lipinski definition) is 4. The summed E-state index contributed by atoms with van der Waals surface area (Å²) in [7, 11) is 0. The Morgan fingerprint density at radius 3 is 2.70 bits per heavy atom. The first-order valence-corrected chi connectivity index (χ1v) is 7.07. The van der Waals surface area contributed by atoms with Crippen molar-refractivity contribution in [3.8, 4) is 0 Å². The van der Waals surface area contributed by atoms with Gasteiger partial charge in [-0.15, -0.1) is 0 Å². The third kappa shape index (κ3) is 3.10. The monoisotopic (exact) mass is 425 g/mol. The van der Waals surface area contributed by atoms with Crippen LogP contribution in [0.4, 0.5) is 5.69 Å². The lowest BCUT2D eigenvalue weighted by molar-refractivity contribution is -0.384. The van der Waals surface area contributed by atoms with Crippen molar-refractivity contribution in [3.63, 3.8) is 0 Å². The van der Waals surface area contributed by atoms with E-state index in [4.69, 9.17) is 23.2 Å². The number of nitro benzene ring substituents is 1. The average molecular weight is 426 g/mol. The van der Waals surface area contributed by atoms with Gasteiger partial charge in [-0.25, -0.2) is 4.98 Å². The van der Waals surface area contributed by atoms with Crippen LogP contribution in [0.25, 0.3) is 0 Å². The fourth-order valence-electron chi connectivity index (χ4n) is 1.52. The van der Waals surface area contributed by atoms with Gasteiger partial charge >= 0.3 is 0 Å². The number of hydrogen-bond donors (Lipinski definition) is 0. The second kappa shape index (κ2) is 6.06. The molecule has 2 aromatic rings. The third-order valence-electron chi connectivity index (χ3n) is 2.53. The first-order chi connectivity index (χ1) is 9.40. The molecule has 2 rings (SSSR count). The zero-order chi connectivity index (χ0) is 14.9. The molecule has 0 N–H and O–H groups in total. The summed E-state index contributed by atoms with van der Waals surface area (Å²) in [5.74, 6) is 0. The molecule has 104 valence electrons. The molecule has 9 heteroatoms. The van der Waals surface area contributed by atoms with Gasteiger partial charge in [0.2, 0.25) is 0 Å². The van der Waals surface area contributed by atoms with Crippen molar-refractivity contribution in [2.24, 2.45) is 0 Å². The highest BCUT2D eigenvalue weighted by Gasteiger charge is 2.12. The molecule has 20 heavy (non-hydrogen) atoms. The van der Waals surface area contributed by atoms with Crippen LogP contribution in [0.15, 0.2) is 29.3 Å². The zero-order valence-electron chi connectivity index (χ0n) is 9.72. The van der Waals surface area contributed by atoms with Crippen LogP contribution in [0.5, 0.6) is 0 Å². The van der Waals surface area contributed by atoms with E-state index in [9.17, 15) is 14.9 Å². The molecule has 0 aliphatic rings. The van der Waals surface area contributed by atoms with Crippen molar-refractivity contribution < 1.29 is 4.92 Å². The van der Waals surface area contributed by atoms with Gasteiger partial charge in [-0.3, -0.25) is 19.5 Å². The molecular formula is C11H6Cl2IN3O3. The molecular weight excluding hydrogens is 420 g/mol. The maximum Gasteiger partial charge on any atom is 0.270 e. The number of nitro groups is 1. The van der Waals surface area contributed by atoms with Crippen LogP contribution < -0.4 is 5.56 Å². The lowest BCUT2D eigenvalue weighted by atomic mass is 10.2. The Labute approximate surface area is 136 Å². The van der Waals surface area contributed by atoms with Crippen molar-refractivity contribution in [1.82, 2.24) is 9.55 Å². The summed E-state index contributed by atoms with van der Waals surface area (Å²) in [6, 6.07) is 4.09. The van der Waals surface area contributed by atoms with Crippen molar-refractivity contribution >= 4 is 51.5 Å². The third-order valence-corrected chi connectivity index (χ3v) is 4.46. The first-order valence-electron chi connectivity index (χ1n) is 5.23. The van der Waals surface area contributed by atoms with Gasteiger partial charge in [-0.05, 0) is 34.2 Å². The molecule has 0 aliphatic heterocycles. The van der Waals surface area contributed by atoms with Gasteiger partial charge in [0.15, 0.2) is 0 Å². The van der Waals surface area contributed by atoms with Gasteiger partial charge in [0, 0.05) is 12.1 Å². The largest absolute Gasteiger partial charge is 0.294 e. The fourth-order valence-corrected chi connectivity index (χ4v) is 2.33. The standard InChI is InChI=1S/C11H6Cl2IN3O3/c12-8-3-7(17(19)20)2-1-6(8)4-16-5-15-10(13)9(14)11(16)18/h1-3,5H,4H2. The SMILES string of the molecule is O=c1c(I)c(Cl)ncn1Cc1ccc([N+](=O)[O-])cc1Cl. The summed E-state index contributed by atoms with van der Waals surface area (Å²) in [6.07, 6.45) is 1.31. The zero-order valence-corrected chi connectivity index (χ0v) is 13.4. The summed E-state index contributed by atoms with van der Waals surface area (Å²) >= 11 is 13.5. The predicted octanol–water partition coefficient (Wildman–Crippen LogP) is 3.11. The maximum absolute atomic E-state index is 12.0. The number of rotatable bonds is 3. The number of halogens is 3. The van der Waals surface area contributed by atoms with Crippen LogP contribution in [0, 0.1) is 13.7 Å². The molecule has 0 aliphatic carbocycles. The Morgan fingerprint density at radius 1 is 1.40 bits per heavy atom. The summed E-state index contributed by atoms with van der Waals surface area (Å²) in [4.78, 5) is 25.9. The van der Waals surface area contributed by atoms with Gasteiger partial charge in [-0.2, -0.15) is 0 Å². The number of benzene rings is 1. The first kappa shape index (κ1) is 15.2. The van der Waals surface area contributed by atoms with E-state index in [2.05, 4.69) is 4.98 Å². The maximum atomic E-state index is 12.0. The Kier molecular flexibility index (Phi) is 4.61. The van der Waals surface area contributed by atoms with Crippen LogP contribution in [0.1, 0.15) is 5.56 Å². The van der Waals surface area contributed by atoms with E-state index >= 15 is 0 Å². The smallest absolute Gasteiger partial charge is 0.270 e. The van der Waals surface area contributed by atoms with Crippen LogP contribution in [0.3, 0.4) is 0 Å². The minimum atomic E-state index is -0.533. The molecule has 0 bridgehead atoms.